The average molecular weight is 293 g/mol. The Bertz CT molecular complexity index is 460. The van der Waals surface area contributed by atoms with Crippen LogP contribution >= 0.6 is 11.8 Å². The molecule has 5 atom stereocenters. The van der Waals surface area contributed by atoms with Crippen molar-refractivity contribution in [2.45, 2.75) is 49.8 Å². The second-order valence-electron chi connectivity index (χ2n) is 7.03. The van der Waals surface area contributed by atoms with Crippen LogP contribution in [0.4, 0.5) is 0 Å². The molecule has 0 aromatic rings. The van der Waals surface area contributed by atoms with E-state index in [0.717, 1.165) is 36.5 Å². The standard InChI is InChI=1S/C15H23N3OS/c1-15(11-4-5-16-8-11)13(19)18-14(20-15)17-12-7-9-2-3-10(12)6-9/h9-12,16H,2-8H2,1H3,(H,17,18,19)/t9-,10-,11?,12-,15?/m0/s1. The van der Waals surface area contributed by atoms with Crippen molar-refractivity contribution in [2.75, 3.05) is 13.1 Å². The Labute approximate surface area is 124 Å². The van der Waals surface area contributed by atoms with Gasteiger partial charge in [0.25, 0.3) is 0 Å². The number of nitrogens with zero attached hydrogens (tertiary/aromatic N) is 1. The van der Waals surface area contributed by atoms with Crippen LogP contribution in [0.25, 0.3) is 0 Å². The lowest BCUT2D eigenvalue weighted by Gasteiger charge is -2.25. The smallest absolute Gasteiger partial charge is 0.242 e. The third-order valence-corrected chi connectivity index (χ3v) is 7.15. The fourth-order valence-corrected chi connectivity index (χ4v) is 5.71. The molecule has 4 fully saturated rings. The lowest BCUT2D eigenvalue weighted by atomic mass is 9.91. The van der Waals surface area contributed by atoms with E-state index in [0.29, 0.717) is 12.0 Å². The largest absolute Gasteiger partial charge is 0.316 e. The van der Waals surface area contributed by atoms with E-state index < -0.39 is 0 Å². The SMILES string of the molecule is CC1(C2CCNC2)SC(=N[C@H]2C[C@H]3CC[C@H]2C3)NC1=O. The fraction of sp³-hybridized carbons (Fsp3) is 0.867. The van der Waals surface area contributed by atoms with Gasteiger partial charge < -0.3 is 10.6 Å². The van der Waals surface area contributed by atoms with Gasteiger partial charge in [-0.15, -0.1) is 0 Å². The van der Waals surface area contributed by atoms with Gasteiger partial charge in [0, 0.05) is 0 Å². The number of carbonyl (C=O) groups is 1. The minimum Gasteiger partial charge on any atom is -0.316 e. The summed E-state index contributed by atoms with van der Waals surface area (Å²) in [7, 11) is 0. The highest BCUT2D eigenvalue weighted by atomic mass is 32.2. The maximum atomic E-state index is 12.4. The molecule has 110 valence electrons. The molecule has 4 aliphatic rings. The van der Waals surface area contributed by atoms with Crippen molar-refractivity contribution in [2.24, 2.45) is 22.7 Å². The predicted molar refractivity (Wildman–Crippen MR) is 81.8 cm³/mol. The van der Waals surface area contributed by atoms with E-state index in [4.69, 9.17) is 4.99 Å². The van der Waals surface area contributed by atoms with Crippen molar-refractivity contribution in [3.8, 4) is 0 Å². The predicted octanol–water partition coefficient (Wildman–Crippen LogP) is 1.76. The number of aliphatic imine (C=N–C) groups is 1. The zero-order valence-electron chi connectivity index (χ0n) is 12.0. The highest BCUT2D eigenvalue weighted by molar-refractivity contribution is 8.16. The third kappa shape index (κ3) is 2.01. The summed E-state index contributed by atoms with van der Waals surface area (Å²) in [5.74, 6) is 2.28. The number of nitrogens with one attached hydrogen (secondary N) is 2. The minimum absolute atomic E-state index is 0.165. The van der Waals surface area contributed by atoms with E-state index in [1.54, 1.807) is 11.8 Å². The quantitative estimate of drug-likeness (QED) is 0.816. The van der Waals surface area contributed by atoms with Crippen LogP contribution in [-0.2, 0) is 4.79 Å². The molecule has 2 saturated heterocycles. The van der Waals surface area contributed by atoms with Gasteiger partial charge >= 0.3 is 0 Å². The van der Waals surface area contributed by atoms with Crippen molar-refractivity contribution >= 4 is 22.8 Å². The van der Waals surface area contributed by atoms with Gasteiger partial charge in [0.05, 0.1) is 6.04 Å². The van der Waals surface area contributed by atoms with E-state index in [1.165, 1.54) is 25.7 Å². The molecule has 0 aromatic heterocycles. The molecular weight excluding hydrogens is 270 g/mol. The van der Waals surface area contributed by atoms with Crippen molar-refractivity contribution in [3.05, 3.63) is 0 Å². The monoisotopic (exact) mass is 293 g/mol. The van der Waals surface area contributed by atoms with Gasteiger partial charge in [0.15, 0.2) is 5.17 Å². The normalized spacial score (nSPS) is 49.2. The van der Waals surface area contributed by atoms with Gasteiger partial charge in [-0.2, -0.15) is 0 Å². The Balaban J connectivity index is 1.50. The summed E-state index contributed by atoms with van der Waals surface area (Å²) in [4.78, 5) is 17.3. The first-order chi connectivity index (χ1) is 9.65. The minimum atomic E-state index is -0.319. The van der Waals surface area contributed by atoms with Crippen LogP contribution in [0.5, 0.6) is 0 Å². The Kier molecular flexibility index (Phi) is 3.11. The van der Waals surface area contributed by atoms with Crippen LogP contribution in [0, 0.1) is 17.8 Å². The molecule has 20 heavy (non-hydrogen) atoms. The highest BCUT2D eigenvalue weighted by Crippen LogP contribution is 2.47. The molecule has 4 rings (SSSR count). The van der Waals surface area contributed by atoms with E-state index in [-0.39, 0.29) is 10.7 Å². The second kappa shape index (κ2) is 4.73. The van der Waals surface area contributed by atoms with E-state index in [1.807, 2.05) is 0 Å². The summed E-state index contributed by atoms with van der Waals surface area (Å²) in [6.45, 7) is 4.08. The number of hydrogen-bond donors (Lipinski definition) is 2. The number of fused-ring (bicyclic) bond motifs is 2. The Morgan fingerprint density at radius 3 is 2.85 bits per heavy atom. The maximum Gasteiger partial charge on any atom is 0.242 e. The van der Waals surface area contributed by atoms with Gasteiger partial charge in [-0.1, -0.05) is 18.2 Å². The molecule has 2 bridgehead atoms. The molecule has 2 heterocycles. The molecular formula is C15H23N3OS. The molecule has 2 aliphatic heterocycles. The summed E-state index contributed by atoms with van der Waals surface area (Å²) in [5.41, 5.74) is 0. The van der Waals surface area contributed by atoms with Gasteiger partial charge in [0.2, 0.25) is 5.91 Å². The van der Waals surface area contributed by atoms with Crippen molar-refractivity contribution in [1.82, 2.24) is 10.6 Å². The molecule has 1 amide bonds. The summed E-state index contributed by atoms with van der Waals surface area (Å²) < 4.78 is -0.319. The maximum absolute atomic E-state index is 12.4. The molecule has 4 nitrogen and oxygen atoms in total. The zero-order valence-corrected chi connectivity index (χ0v) is 12.8. The molecule has 2 aliphatic carbocycles. The first-order valence-electron chi connectivity index (χ1n) is 7.94. The third-order valence-electron chi connectivity index (χ3n) is 5.80. The zero-order chi connectivity index (χ0) is 13.7. The lowest BCUT2D eigenvalue weighted by molar-refractivity contribution is -0.122. The topological polar surface area (TPSA) is 53.5 Å². The number of thioether (sulfide) groups is 1. The lowest BCUT2D eigenvalue weighted by Crippen LogP contribution is -2.41. The van der Waals surface area contributed by atoms with Crippen molar-refractivity contribution < 1.29 is 4.79 Å². The molecule has 0 aromatic carbocycles. The van der Waals surface area contributed by atoms with Crippen LogP contribution in [0.2, 0.25) is 0 Å². The number of amides is 1. The van der Waals surface area contributed by atoms with Crippen LogP contribution in [0.1, 0.15) is 39.0 Å². The van der Waals surface area contributed by atoms with Crippen LogP contribution in [0.3, 0.4) is 0 Å². The van der Waals surface area contributed by atoms with Crippen molar-refractivity contribution in [1.29, 1.82) is 0 Å². The number of amidine groups is 1. The Hall–Kier alpha value is -0.550. The summed E-state index contributed by atoms with van der Waals surface area (Å²) in [6, 6.07) is 0.473. The summed E-state index contributed by atoms with van der Waals surface area (Å²) in [6.07, 6.45) is 6.44. The number of hydrogen-bond acceptors (Lipinski definition) is 4. The molecule has 2 saturated carbocycles. The van der Waals surface area contributed by atoms with Crippen LogP contribution in [0.15, 0.2) is 4.99 Å². The van der Waals surface area contributed by atoms with Gasteiger partial charge in [0.1, 0.15) is 4.75 Å². The Morgan fingerprint density at radius 1 is 1.30 bits per heavy atom. The summed E-state index contributed by atoms with van der Waals surface area (Å²) >= 11 is 1.68. The Morgan fingerprint density at radius 2 is 2.20 bits per heavy atom. The van der Waals surface area contributed by atoms with E-state index in [9.17, 15) is 4.79 Å². The second-order valence-corrected chi connectivity index (χ2v) is 8.47. The first kappa shape index (κ1) is 13.1. The van der Waals surface area contributed by atoms with E-state index in [2.05, 4.69) is 17.6 Å². The molecule has 0 spiro atoms. The van der Waals surface area contributed by atoms with Crippen LogP contribution < -0.4 is 10.6 Å². The fourth-order valence-electron chi connectivity index (χ4n) is 4.47. The number of carbonyl (C=O) groups excluding carboxylic acids is 1. The number of rotatable bonds is 2. The molecule has 0 radical (unpaired) electrons. The molecule has 2 N–H and O–H groups in total. The molecule has 2 unspecified atom stereocenters. The highest BCUT2D eigenvalue weighted by Gasteiger charge is 2.50. The van der Waals surface area contributed by atoms with E-state index >= 15 is 0 Å². The van der Waals surface area contributed by atoms with Crippen LogP contribution in [-0.4, -0.2) is 35.0 Å². The first-order valence-corrected chi connectivity index (χ1v) is 8.76. The average Bonchev–Trinajstić information content (AvgIpc) is 3.16. The van der Waals surface area contributed by atoms with Gasteiger partial charge in [-0.25, -0.2) is 0 Å². The van der Waals surface area contributed by atoms with Gasteiger partial charge in [-0.3, -0.25) is 9.79 Å². The molecule has 5 heteroatoms. The summed E-state index contributed by atoms with van der Waals surface area (Å²) in [5, 5.41) is 7.32. The van der Waals surface area contributed by atoms with Gasteiger partial charge in [-0.05, 0) is 63.5 Å². The van der Waals surface area contributed by atoms with Crippen molar-refractivity contribution in [3.63, 3.8) is 0 Å².